The number of amides is 1. The highest BCUT2D eigenvalue weighted by Crippen LogP contribution is 2.27. The number of hydrogen-bond donors (Lipinski definition) is 2. The van der Waals surface area contributed by atoms with Crippen LogP contribution in [-0.4, -0.2) is 27.9 Å². The molecule has 1 aliphatic rings. The molecule has 2 heterocycles. The van der Waals surface area contributed by atoms with E-state index >= 15 is 0 Å². The van der Waals surface area contributed by atoms with E-state index < -0.39 is 12.1 Å². The second kappa shape index (κ2) is 5.44. The number of aliphatic hydroxyl groups excluding tert-OH is 1. The Labute approximate surface area is 130 Å². The van der Waals surface area contributed by atoms with E-state index in [2.05, 4.69) is 15.3 Å². The second-order valence-electron chi connectivity index (χ2n) is 4.35. The van der Waals surface area contributed by atoms with E-state index in [1.165, 1.54) is 0 Å². The second-order valence-corrected chi connectivity index (χ2v) is 5.15. The highest BCUT2D eigenvalue weighted by atomic mass is 35.5. The fourth-order valence-electron chi connectivity index (χ4n) is 2.01. The minimum absolute atomic E-state index is 0.249. The maximum atomic E-state index is 11.8. The zero-order valence-corrected chi connectivity index (χ0v) is 12.1. The molecular formula is C14H9Cl2N3O2. The standard InChI is InChI=1S/C14H9Cl2N3O2/c15-8-4-2-1-3-7(8)11-12-9(5-6-10(16)18-12)17-13(20)14(21)19-11/h1-6,14,21H,(H,17,20)/t14-/m1/s1. The largest absolute Gasteiger partial charge is 0.364 e. The molecule has 0 unspecified atom stereocenters. The Balaban J connectivity index is 2.27. The molecule has 0 aliphatic carbocycles. The number of carbonyl (C=O) groups excluding carboxylic acids is 1. The number of halogens is 2. The fourth-order valence-corrected chi connectivity index (χ4v) is 2.38. The number of carbonyl (C=O) groups is 1. The van der Waals surface area contributed by atoms with Crippen LogP contribution in [0.2, 0.25) is 10.2 Å². The van der Waals surface area contributed by atoms with Crippen molar-refractivity contribution >= 4 is 40.5 Å². The van der Waals surface area contributed by atoms with Gasteiger partial charge in [-0.05, 0) is 18.2 Å². The third-order valence-corrected chi connectivity index (χ3v) is 3.50. The zero-order chi connectivity index (χ0) is 15.0. The quantitative estimate of drug-likeness (QED) is 0.792. The first-order valence-corrected chi connectivity index (χ1v) is 6.80. The van der Waals surface area contributed by atoms with E-state index in [-0.39, 0.29) is 5.15 Å². The highest BCUT2D eigenvalue weighted by molar-refractivity contribution is 6.36. The number of fused-ring (bicyclic) bond motifs is 1. The molecule has 0 fully saturated rings. The first-order chi connectivity index (χ1) is 10.1. The molecule has 1 aromatic carbocycles. The summed E-state index contributed by atoms with van der Waals surface area (Å²) in [6, 6.07) is 10.1. The molecular weight excluding hydrogens is 313 g/mol. The fraction of sp³-hybridized carbons (Fsp3) is 0.0714. The third kappa shape index (κ3) is 2.63. The van der Waals surface area contributed by atoms with Crippen LogP contribution in [0, 0.1) is 0 Å². The van der Waals surface area contributed by atoms with Crippen molar-refractivity contribution in [1.29, 1.82) is 0 Å². The van der Waals surface area contributed by atoms with E-state index in [9.17, 15) is 9.90 Å². The Kier molecular flexibility index (Phi) is 3.63. The van der Waals surface area contributed by atoms with E-state index in [0.29, 0.717) is 27.7 Å². The number of pyridine rings is 1. The van der Waals surface area contributed by atoms with Crippen molar-refractivity contribution in [3.05, 3.63) is 57.8 Å². The van der Waals surface area contributed by atoms with Crippen LogP contribution in [-0.2, 0) is 4.79 Å². The number of benzene rings is 1. The predicted octanol–water partition coefficient (Wildman–Crippen LogP) is 2.50. The maximum Gasteiger partial charge on any atom is 0.276 e. The molecule has 21 heavy (non-hydrogen) atoms. The van der Waals surface area contributed by atoms with Crippen LogP contribution in [0.1, 0.15) is 11.3 Å². The van der Waals surface area contributed by atoms with Crippen LogP contribution >= 0.6 is 23.2 Å². The van der Waals surface area contributed by atoms with Gasteiger partial charge in [0.05, 0.1) is 16.4 Å². The van der Waals surface area contributed by atoms with Gasteiger partial charge in [0.1, 0.15) is 10.8 Å². The summed E-state index contributed by atoms with van der Waals surface area (Å²) in [5, 5.41) is 13.1. The van der Waals surface area contributed by atoms with Gasteiger partial charge >= 0.3 is 0 Å². The lowest BCUT2D eigenvalue weighted by atomic mass is 10.1. The van der Waals surface area contributed by atoms with Gasteiger partial charge < -0.3 is 10.4 Å². The number of aliphatic imine (C=N–C) groups is 1. The highest BCUT2D eigenvalue weighted by Gasteiger charge is 2.26. The van der Waals surface area contributed by atoms with Crippen LogP contribution in [0.5, 0.6) is 0 Å². The molecule has 106 valence electrons. The minimum Gasteiger partial charge on any atom is -0.364 e. The Morgan fingerprint density at radius 3 is 2.67 bits per heavy atom. The SMILES string of the molecule is O=C1Nc2ccc(Cl)nc2C(c2ccccc2Cl)=N[C@@H]1O. The Hall–Kier alpha value is -1.95. The maximum absolute atomic E-state index is 11.8. The minimum atomic E-state index is -1.54. The Morgan fingerprint density at radius 1 is 1.14 bits per heavy atom. The van der Waals surface area contributed by atoms with Crippen LogP contribution in [0.25, 0.3) is 0 Å². The van der Waals surface area contributed by atoms with E-state index in [4.69, 9.17) is 23.2 Å². The zero-order valence-electron chi connectivity index (χ0n) is 10.5. The smallest absolute Gasteiger partial charge is 0.276 e. The summed E-state index contributed by atoms with van der Waals surface area (Å²) < 4.78 is 0. The van der Waals surface area contributed by atoms with Crippen molar-refractivity contribution < 1.29 is 9.90 Å². The van der Waals surface area contributed by atoms with Crippen LogP contribution < -0.4 is 5.32 Å². The number of anilines is 1. The molecule has 5 nitrogen and oxygen atoms in total. The molecule has 1 aliphatic heterocycles. The molecule has 2 N–H and O–H groups in total. The molecule has 1 aromatic heterocycles. The van der Waals surface area contributed by atoms with Gasteiger partial charge in [0.25, 0.3) is 5.91 Å². The van der Waals surface area contributed by atoms with Crippen molar-refractivity contribution in [2.45, 2.75) is 6.23 Å². The van der Waals surface area contributed by atoms with Crippen molar-refractivity contribution in [2.75, 3.05) is 5.32 Å². The molecule has 0 spiro atoms. The van der Waals surface area contributed by atoms with Gasteiger partial charge in [0.15, 0.2) is 0 Å². The summed E-state index contributed by atoms with van der Waals surface area (Å²) in [6.07, 6.45) is -1.54. The molecule has 1 amide bonds. The lowest BCUT2D eigenvalue weighted by Crippen LogP contribution is -2.24. The van der Waals surface area contributed by atoms with E-state index in [0.717, 1.165) is 0 Å². The van der Waals surface area contributed by atoms with E-state index in [1.54, 1.807) is 36.4 Å². The molecule has 3 rings (SSSR count). The number of hydrogen-bond acceptors (Lipinski definition) is 4. The van der Waals surface area contributed by atoms with E-state index in [1.807, 2.05) is 0 Å². The van der Waals surface area contributed by atoms with Crippen molar-refractivity contribution in [1.82, 2.24) is 4.98 Å². The summed E-state index contributed by atoms with van der Waals surface area (Å²) >= 11 is 12.1. The average molecular weight is 322 g/mol. The lowest BCUT2D eigenvalue weighted by Gasteiger charge is -2.10. The van der Waals surface area contributed by atoms with Gasteiger partial charge in [0.2, 0.25) is 6.23 Å². The molecule has 0 saturated heterocycles. The molecule has 0 bridgehead atoms. The topological polar surface area (TPSA) is 74.6 Å². The Morgan fingerprint density at radius 2 is 1.90 bits per heavy atom. The number of nitrogens with one attached hydrogen (secondary N) is 1. The number of rotatable bonds is 1. The van der Waals surface area contributed by atoms with Crippen molar-refractivity contribution in [2.24, 2.45) is 4.99 Å². The average Bonchev–Trinajstić information content (AvgIpc) is 2.58. The summed E-state index contributed by atoms with van der Waals surface area (Å²) in [7, 11) is 0. The third-order valence-electron chi connectivity index (χ3n) is 2.96. The molecule has 0 radical (unpaired) electrons. The number of aromatic nitrogens is 1. The predicted molar refractivity (Wildman–Crippen MR) is 81.0 cm³/mol. The molecule has 0 saturated carbocycles. The van der Waals surface area contributed by atoms with Gasteiger partial charge in [-0.2, -0.15) is 0 Å². The number of aliphatic hydroxyl groups is 1. The first kappa shape index (κ1) is 14.0. The lowest BCUT2D eigenvalue weighted by molar-refractivity contribution is -0.123. The Bertz CT molecular complexity index is 762. The molecule has 1 atom stereocenters. The van der Waals surface area contributed by atoms with Gasteiger partial charge in [-0.15, -0.1) is 0 Å². The molecule has 7 heteroatoms. The summed E-state index contributed by atoms with van der Waals surface area (Å²) in [4.78, 5) is 20.0. The van der Waals surface area contributed by atoms with Gasteiger partial charge in [-0.1, -0.05) is 41.4 Å². The number of nitrogens with zero attached hydrogens (tertiary/aromatic N) is 2. The van der Waals surface area contributed by atoms with Crippen molar-refractivity contribution in [3.8, 4) is 0 Å². The summed E-state index contributed by atoms with van der Waals surface area (Å²) in [6.45, 7) is 0. The monoisotopic (exact) mass is 321 g/mol. The normalized spacial score (nSPS) is 17.6. The van der Waals surface area contributed by atoms with Crippen LogP contribution in [0.15, 0.2) is 41.4 Å². The van der Waals surface area contributed by atoms with Crippen molar-refractivity contribution in [3.63, 3.8) is 0 Å². The summed E-state index contributed by atoms with van der Waals surface area (Å²) in [5.74, 6) is -0.637. The molecule has 2 aromatic rings. The van der Waals surface area contributed by atoms with Gasteiger partial charge in [-0.25, -0.2) is 9.98 Å². The van der Waals surface area contributed by atoms with Crippen LogP contribution in [0.3, 0.4) is 0 Å². The first-order valence-electron chi connectivity index (χ1n) is 6.05. The van der Waals surface area contributed by atoms with Gasteiger partial charge in [-0.3, -0.25) is 4.79 Å². The van der Waals surface area contributed by atoms with Crippen LogP contribution in [0.4, 0.5) is 5.69 Å². The van der Waals surface area contributed by atoms with Gasteiger partial charge in [0, 0.05) is 5.56 Å². The summed E-state index contributed by atoms with van der Waals surface area (Å²) in [5.41, 5.74) is 1.65.